The molecular weight excluding hydrogens is 194 g/mol. The van der Waals surface area contributed by atoms with Crippen molar-refractivity contribution in [1.29, 1.82) is 0 Å². The quantitative estimate of drug-likeness (QED) is 0.456. The summed E-state index contributed by atoms with van der Waals surface area (Å²) in [6.07, 6.45) is -2.21. The van der Waals surface area contributed by atoms with Crippen LogP contribution in [0.4, 0.5) is 0 Å². The van der Waals surface area contributed by atoms with Crippen LogP contribution in [0.2, 0.25) is 0 Å². The van der Waals surface area contributed by atoms with Crippen LogP contribution in [0.3, 0.4) is 0 Å². The van der Waals surface area contributed by atoms with Gasteiger partial charge in [-0.3, -0.25) is 20.2 Å². The largest absolute Gasteiger partial charge is 0.364 e. The van der Waals surface area contributed by atoms with Crippen LogP contribution in [-0.2, 0) is 4.74 Å². The normalized spacial score (nSPS) is 28.6. The van der Waals surface area contributed by atoms with Gasteiger partial charge in [0.1, 0.15) is 13.2 Å². The van der Waals surface area contributed by atoms with Crippen molar-refractivity contribution in [2.75, 3.05) is 19.8 Å². The standard InChI is InChI=1S/C6H11N3O5/c1-2-7-5(8(10)11)3-14-4-6(7)9(12)13/h5-6H,2-4H2,1H3. The second-order valence-electron chi connectivity index (χ2n) is 2.90. The van der Waals surface area contributed by atoms with Gasteiger partial charge in [-0.25, -0.2) is 0 Å². The molecule has 0 spiro atoms. The number of nitro groups is 2. The Balaban J connectivity index is 2.79. The van der Waals surface area contributed by atoms with Crippen molar-refractivity contribution < 1.29 is 14.6 Å². The van der Waals surface area contributed by atoms with Crippen molar-refractivity contribution in [2.24, 2.45) is 0 Å². The Bertz CT molecular complexity index is 224. The number of ether oxygens (including phenoxy) is 1. The van der Waals surface area contributed by atoms with Gasteiger partial charge < -0.3 is 4.74 Å². The van der Waals surface area contributed by atoms with E-state index in [1.54, 1.807) is 6.92 Å². The third-order valence-electron chi connectivity index (χ3n) is 2.15. The Hall–Kier alpha value is -1.28. The highest BCUT2D eigenvalue weighted by Crippen LogP contribution is 2.13. The van der Waals surface area contributed by atoms with Gasteiger partial charge in [-0.05, 0) is 0 Å². The van der Waals surface area contributed by atoms with Crippen molar-refractivity contribution in [3.63, 3.8) is 0 Å². The minimum Gasteiger partial charge on any atom is -0.364 e. The van der Waals surface area contributed by atoms with Gasteiger partial charge in [0.25, 0.3) is 12.3 Å². The lowest BCUT2D eigenvalue weighted by Crippen LogP contribution is -2.58. The van der Waals surface area contributed by atoms with E-state index in [-0.39, 0.29) is 19.8 Å². The molecule has 0 radical (unpaired) electrons. The molecule has 0 amide bonds. The first-order valence-electron chi connectivity index (χ1n) is 4.18. The summed E-state index contributed by atoms with van der Waals surface area (Å²) in [6, 6.07) is 0. The number of hydrogen-bond donors (Lipinski definition) is 0. The van der Waals surface area contributed by atoms with Crippen LogP contribution in [0, 0.1) is 20.2 Å². The molecule has 0 aliphatic carbocycles. The van der Waals surface area contributed by atoms with Crippen LogP contribution in [0.1, 0.15) is 6.92 Å². The Kier molecular flexibility index (Phi) is 3.31. The molecule has 0 aromatic carbocycles. The molecule has 2 atom stereocenters. The van der Waals surface area contributed by atoms with Gasteiger partial charge in [0.2, 0.25) is 0 Å². The Labute approximate surface area is 79.7 Å². The molecule has 8 nitrogen and oxygen atoms in total. The fourth-order valence-corrected chi connectivity index (χ4v) is 1.45. The van der Waals surface area contributed by atoms with E-state index in [2.05, 4.69) is 0 Å². The van der Waals surface area contributed by atoms with Crippen LogP contribution in [0.5, 0.6) is 0 Å². The highest BCUT2D eigenvalue weighted by molar-refractivity contribution is 4.69. The van der Waals surface area contributed by atoms with Crippen molar-refractivity contribution in [1.82, 2.24) is 4.90 Å². The monoisotopic (exact) mass is 205 g/mol. The third kappa shape index (κ3) is 1.96. The number of hydrogen-bond acceptors (Lipinski definition) is 6. The Morgan fingerprint density at radius 3 is 2.00 bits per heavy atom. The minimum absolute atomic E-state index is 0.0921. The smallest absolute Gasteiger partial charge is 0.296 e. The molecule has 1 rings (SSSR count). The van der Waals surface area contributed by atoms with E-state index in [0.29, 0.717) is 0 Å². The summed E-state index contributed by atoms with van der Waals surface area (Å²) < 4.78 is 4.82. The number of nitrogens with zero attached hydrogens (tertiary/aromatic N) is 3. The first kappa shape index (κ1) is 10.8. The maximum absolute atomic E-state index is 10.6. The lowest BCUT2D eigenvalue weighted by atomic mass is 10.3. The molecule has 14 heavy (non-hydrogen) atoms. The molecule has 0 saturated carbocycles. The fraction of sp³-hybridized carbons (Fsp3) is 1.00. The van der Waals surface area contributed by atoms with Crippen molar-refractivity contribution in [2.45, 2.75) is 19.3 Å². The fourth-order valence-electron chi connectivity index (χ4n) is 1.45. The predicted octanol–water partition coefficient (Wildman–Crippen LogP) is -0.456. The average molecular weight is 205 g/mol. The summed E-state index contributed by atoms with van der Waals surface area (Å²) in [6.45, 7) is 1.73. The van der Waals surface area contributed by atoms with E-state index in [0.717, 1.165) is 0 Å². The summed E-state index contributed by atoms with van der Waals surface area (Å²) in [5.41, 5.74) is 0. The van der Waals surface area contributed by atoms with E-state index in [9.17, 15) is 20.2 Å². The first-order chi connectivity index (χ1) is 6.57. The van der Waals surface area contributed by atoms with Gasteiger partial charge in [-0.15, -0.1) is 0 Å². The van der Waals surface area contributed by atoms with Crippen LogP contribution >= 0.6 is 0 Å². The molecule has 2 unspecified atom stereocenters. The summed E-state index contributed by atoms with van der Waals surface area (Å²) >= 11 is 0. The van der Waals surface area contributed by atoms with Gasteiger partial charge in [0.05, 0.1) is 0 Å². The molecule has 1 fully saturated rings. The first-order valence-corrected chi connectivity index (χ1v) is 4.18. The molecule has 1 aliphatic heterocycles. The molecular formula is C6H11N3O5. The van der Waals surface area contributed by atoms with E-state index in [1.807, 2.05) is 0 Å². The highest BCUT2D eigenvalue weighted by Gasteiger charge is 2.43. The topological polar surface area (TPSA) is 98.8 Å². The van der Waals surface area contributed by atoms with E-state index in [1.165, 1.54) is 4.90 Å². The molecule has 80 valence electrons. The molecule has 0 aromatic rings. The zero-order valence-electron chi connectivity index (χ0n) is 7.66. The summed E-state index contributed by atoms with van der Waals surface area (Å²) in [7, 11) is 0. The zero-order chi connectivity index (χ0) is 10.7. The maximum Gasteiger partial charge on any atom is 0.296 e. The van der Waals surface area contributed by atoms with Crippen molar-refractivity contribution in [3.05, 3.63) is 20.2 Å². The molecule has 0 bridgehead atoms. The van der Waals surface area contributed by atoms with Crippen LogP contribution in [0.25, 0.3) is 0 Å². The lowest BCUT2D eigenvalue weighted by molar-refractivity contribution is -0.623. The number of likely N-dealkylation sites (N-methyl/N-ethyl adjacent to an activating group) is 1. The minimum atomic E-state index is -1.11. The third-order valence-corrected chi connectivity index (χ3v) is 2.15. The SMILES string of the molecule is CCN1C([N+](=O)[O-])COCC1[N+](=O)[O-]. The van der Waals surface area contributed by atoms with Gasteiger partial charge >= 0.3 is 0 Å². The maximum atomic E-state index is 10.6. The van der Waals surface area contributed by atoms with Gasteiger partial charge in [0.15, 0.2) is 0 Å². The summed E-state index contributed by atoms with van der Waals surface area (Å²) in [4.78, 5) is 21.2. The van der Waals surface area contributed by atoms with Crippen molar-refractivity contribution in [3.8, 4) is 0 Å². The summed E-state index contributed by atoms with van der Waals surface area (Å²) in [5.74, 6) is 0. The van der Waals surface area contributed by atoms with Gasteiger partial charge in [-0.2, -0.15) is 4.90 Å². The second-order valence-corrected chi connectivity index (χ2v) is 2.90. The molecule has 0 aromatic heterocycles. The van der Waals surface area contributed by atoms with E-state index in [4.69, 9.17) is 4.74 Å². The van der Waals surface area contributed by atoms with E-state index < -0.39 is 22.2 Å². The Morgan fingerprint density at radius 2 is 1.71 bits per heavy atom. The van der Waals surface area contributed by atoms with Gasteiger partial charge in [0, 0.05) is 16.4 Å². The molecule has 0 N–H and O–H groups in total. The van der Waals surface area contributed by atoms with Crippen molar-refractivity contribution >= 4 is 0 Å². The number of morpholine rings is 1. The molecule has 1 saturated heterocycles. The van der Waals surface area contributed by atoms with E-state index >= 15 is 0 Å². The van der Waals surface area contributed by atoms with Crippen LogP contribution in [0.15, 0.2) is 0 Å². The summed E-state index contributed by atoms with van der Waals surface area (Å²) in [5, 5.41) is 21.1. The molecule has 1 aliphatic rings. The predicted molar refractivity (Wildman–Crippen MR) is 44.8 cm³/mol. The van der Waals surface area contributed by atoms with Crippen LogP contribution in [-0.4, -0.2) is 46.8 Å². The number of rotatable bonds is 3. The van der Waals surface area contributed by atoms with Crippen LogP contribution < -0.4 is 0 Å². The second kappa shape index (κ2) is 4.29. The molecule has 1 heterocycles. The Morgan fingerprint density at radius 1 is 1.29 bits per heavy atom. The lowest BCUT2D eigenvalue weighted by Gasteiger charge is -2.30. The molecule has 8 heteroatoms. The highest BCUT2D eigenvalue weighted by atomic mass is 16.7. The average Bonchev–Trinajstić information content (AvgIpc) is 2.16. The van der Waals surface area contributed by atoms with Gasteiger partial charge in [-0.1, -0.05) is 6.92 Å². The zero-order valence-corrected chi connectivity index (χ0v) is 7.66.